The molecule has 2 nitrogen and oxygen atoms in total. The van der Waals surface area contributed by atoms with Crippen LogP contribution in [-0.4, -0.2) is 12.3 Å². The highest BCUT2D eigenvalue weighted by molar-refractivity contribution is 5.81. The zero-order valence-corrected chi connectivity index (χ0v) is 8.31. The van der Waals surface area contributed by atoms with Gasteiger partial charge in [0, 0.05) is 18.9 Å². The van der Waals surface area contributed by atoms with Crippen LogP contribution >= 0.6 is 0 Å². The normalized spacial score (nSPS) is 12.9. The molecule has 2 N–H and O–H groups in total. The third-order valence-corrected chi connectivity index (χ3v) is 2.15. The van der Waals surface area contributed by atoms with Gasteiger partial charge in [-0.3, -0.25) is 4.79 Å². The molecule has 0 bridgehead atoms. The lowest BCUT2D eigenvalue weighted by atomic mass is 9.95. The van der Waals surface area contributed by atoms with Crippen LogP contribution in [0.15, 0.2) is 0 Å². The van der Waals surface area contributed by atoms with E-state index in [1.165, 1.54) is 0 Å². The fourth-order valence-electron chi connectivity index (χ4n) is 1.31. The van der Waals surface area contributed by atoms with Gasteiger partial charge in [0.25, 0.3) is 0 Å². The second-order valence-electron chi connectivity index (χ2n) is 3.29. The van der Waals surface area contributed by atoms with Gasteiger partial charge in [0.2, 0.25) is 0 Å². The molecule has 72 valence electrons. The second-order valence-corrected chi connectivity index (χ2v) is 3.29. The maximum Gasteiger partial charge on any atom is 0.137 e. The lowest BCUT2D eigenvalue weighted by Crippen LogP contribution is -2.23. The van der Waals surface area contributed by atoms with Crippen molar-refractivity contribution in [2.24, 2.45) is 11.7 Å². The Bertz CT molecular complexity index is 123. The number of carbonyl (C=O) groups is 1. The lowest BCUT2D eigenvalue weighted by Gasteiger charge is -2.11. The molecule has 1 unspecified atom stereocenters. The van der Waals surface area contributed by atoms with E-state index in [9.17, 15) is 4.79 Å². The van der Waals surface area contributed by atoms with Crippen molar-refractivity contribution < 1.29 is 4.79 Å². The summed E-state index contributed by atoms with van der Waals surface area (Å²) >= 11 is 0. The third kappa shape index (κ3) is 4.50. The minimum Gasteiger partial charge on any atom is -0.330 e. The van der Waals surface area contributed by atoms with Crippen LogP contribution in [0.5, 0.6) is 0 Å². The Labute approximate surface area is 75.5 Å². The summed E-state index contributed by atoms with van der Waals surface area (Å²) in [4.78, 5) is 11.4. The van der Waals surface area contributed by atoms with Gasteiger partial charge in [-0.05, 0) is 12.8 Å². The van der Waals surface area contributed by atoms with E-state index in [-0.39, 0.29) is 5.92 Å². The van der Waals surface area contributed by atoms with Crippen LogP contribution < -0.4 is 5.73 Å². The van der Waals surface area contributed by atoms with Crippen molar-refractivity contribution in [2.45, 2.75) is 46.0 Å². The number of unbranched alkanes of at least 4 members (excludes halogenated alkanes) is 1. The molecule has 0 aliphatic carbocycles. The topological polar surface area (TPSA) is 43.1 Å². The summed E-state index contributed by atoms with van der Waals surface area (Å²) in [6.45, 7) is 4.72. The Hall–Kier alpha value is -0.370. The van der Waals surface area contributed by atoms with Gasteiger partial charge in [0.15, 0.2) is 0 Å². The fourth-order valence-corrected chi connectivity index (χ4v) is 1.31. The van der Waals surface area contributed by atoms with Crippen molar-refractivity contribution in [1.29, 1.82) is 0 Å². The highest BCUT2D eigenvalue weighted by Crippen LogP contribution is 2.10. The van der Waals surface area contributed by atoms with Crippen molar-refractivity contribution in [3.63, 3.8) is 0 Å². The molecule has 12 heavy (non-hydrogen) atoms. The largest absolute Gasteiger partial charge is 0.330 e. The molecule has 0 saturated carbocycles. The van der Waals surface area contributed by atoms with E-state index in [0.717, 1.165) is 32.1 Å². The van der Waals surface area contributed by atoms with Crippen LogP contribution in [0.4, 0.5) is 0 Å². The van der Waals surface area contributed by atoms with Gasteiger partial charge in [0.1, 0.15) is 5.78 Å². The molecule has 0 aliphatic rings. The number of Topliss-reactive ketones (excluding diaryl/α,β-unsaturated/α-hetero) is 1. The van der Waals surface area contributed by atoms with Gasteiger partial charge in [-0.1, -0.05) is 26.7 Å². The summed E-state index contributed by atoms with van der Waals surface area (Å²) in [5, 5.41) is 0. The Balaban J connectivity index is 3.69. The molecule has 0 fully saturated rings. The minimum absolute atomic E-state index is 0.126. The third-order valence-electron chi connectivity index (χ3n) is 2.15. The van der Waals surface area contributed by atoms with E-state index in [4.69, 9.17) is 5.73 Å². The number of hydrogen-bond donors (Lipinski definition) is 1. The first-order valence-corrected chi connectivity index (χ1v) is 4.99. The van der Waals surface area contributed by atoms with E-state index >= 15 is 0 Å². The number of nitrogens with two attached hydrogens (primary N) is 1. The monoisotopic (exact) mass is 171 g/mol. The van der Waals surface area contributed by atoms with Crippen LogP contribution in [0.25, 0.3) is 0 Å². The van der Waals surface area contributed by atoms with Gasteiger partial charge in [-0.2, -0.15) is 0 Å². The van der Waals surface area contributed by atoms with E-state index in [0.29, 0.717) is 12.3 Å². The van der Waals surface area contributed by atoms with Gasteiger partial charge < -0.3 is 5.73 Å². The van der Waals surface area contributed by atoms with Gasteiger partial charge in [-0.25, -0.2) is 0 Å². The van der Waals surface area contributed by atoms with Crippen LogP contribution in [-0.2, 0) is 4.79 Å². The first-order valence-electron chi connectivity index (χ1n) is 4.99. The standard InChI is InChI=1S/C10H21NO/c1-3-5-7-10(12)9(8-11)6-4-2/h9H,3-8,11H2,1-2H3. The average Bonchev–Trinajstić information content (AvgIpc) is 2.10. The summed E-state index contributed by atoms with van der Waals surface area (Å²) in [5.41, 5.74) is 5.51. The molecule has 0 rings (SSSR count). The van der Waals surface area contributed by atoms with E-state index < -0.39 is 0 Å². The summed E-state index contributed by atoms with van der Waals surface area (Å²) in [7, 11) is 0. The Kier molecular flexibility index (Phi) is 7.06. The van der Waals surface area contributed by atoms with Crippen LogP contribution in [0.2, 0.25) is 0 Å². The zero-order chi connectivity index (χ0) is 9.40. The molecule has 0 heterocycles. The molecule has 2 heteroatoms. The minimum atomic E-state index is 0.126. The first-order chi connectivity index (χ1) is 5.76. The van der Waals surface area contributed by atoms with Gasteiger partial charge in [0.05, 0.1) is 0 Å². The Morgan fingerprint density at radius 1 is 1.33 bits per heavy atom. The lowest BCUT2D eigenvalue weighted by molar-refractivity contribution is -0.122. The van der Waals surface area contributed by atoms with Gasteiger partial charge in [-0.15, -0.1) is 0 Å². The number of carbonyl (C=O) groups excluding carboxylic acids is 1. The van der Waals surface area contributed by atoms with Gasteiger partial charge >= 0.3 is 0 Å². The first kappa shape index (κ1) is 11.6. The predicted octanol–water partition coefficient (Wildman–Crippen LogP) is 2.12. The molecule has 0 amide bonds. The number of hydrogen-bond acceptors (Lipinski definition) is 2. The summed E-state index contributed by atoms with van der Waals surface area (Å²) < 4.78 is 0. The van der Waals surface area contributed by atoms with Crippen molar-refractivity contribution in [2.75, 3.05) is 6.54 Å². The molecule has 0 spiro atoms. The van der Waals surface area contributed by atoms with Crippen LogP contribution in [0, 0.1) is 5.92 Å². The Morgan fingerprint density at radius 3 is 2.42 bits per heavy atom. The molecular weight excluding hydrogens is 150 g/mol. The zero-order valence-electron chi connectivity index (χ0n) is 8.31. The van der Waals surface area contributed by atoms with Crippen molar-refractivity contribution in [1.82, 2.24) is 0 Å². The molecule has 0 saturated heterocycles. The van der Waals surface area contributed by atoms with E-state index in [1.54, 1.807) is 0 Å². The molecule has 0 radical (unpaired) electrons. The number of rotatable bonds is 7. The van der Waals surface area contributed by atoms with Crippen LogP contribution in [0.1, 0.15) is 46.0 Å². The molecule has 0 aromatic carbocycles. The van der Waals surface area contributed by atoms with Crippen molar-refractivity contribution in [3.05, 3.63) is 0 Å². The SMILES string of the molecule is CCCCC(=O)C(CN)CCC. The highest BCUT2D eigenvalue weighted by atomic mass is 16.1. The highest BCUT2D eigenvalue weighted by Gasteiger charge is 2.14. The maximum absolute atomic E-state index is 11.4. The fraction of sp³-hybridized carbons (Fsp3) is 0.900. The van der Waals surface area contributed by atoms with Crippen molar-refractivity contribution >= 4 is 5.78 Å². The van der Waals surface area contributed by atoms with Crippen molar-refractivity contribution in [3.8, 4) is 0 Å². The predicted molar refractivity (Wildman–Crippen MR) is 52.0 cm³/mol. The van der Waals surface area contributed by atoms with E-state index in [2.05, 4.69) is 13.8 Å². The molecule has 1 atom stereocenters. The molecule has 0 aliphatic heterocycles. The van der Waals surface area contributed by atoms with Crippen LogP contribution in [0.3, 0.4) is 0 Å². The summed E-state index contributed by atoms with van der Waals surface area (Å²) in [5.74, 6) is 0.489. The second kappa shape index (κ2) is 7.29. The smallest absolute Gasteiger partial charge is 0.137 e. The molecular formula is C10H21NO. The molecule has 0 aromatic heterocycles. The summed E-state index contributed by atoms with van der Waals surface area (Å²) in [6.07, 6.45) is 4.84. The molecule has 0 aromatic rings. The maximum atomic E-state index is 11.4. The number of ketones is 1. The Morgan fingerprint density at radius 2 is 2.00 bits per heavy atom. The quantitative estimate of drug-likeness (QED) is 0.637. The van der Waals surface area contributed by atoms with E-state index in [1.807, 2.05) is 0 Å². The summed E-state index contributed by atoms with van der Waals surface area (Å²) in [6, 6.07) is 0. The average molecular weight is 171 g/mol.